The molecule has 2 N–H and O–H groups in total. The van der Waals surface area contributed by atoms with E-state index in [4.69, 9.17) is 11.6 Å². The fourth-order valence-corrected chi connectivity index (χ4v) is 2.49. The van der Waals surface area contributed by atoms with Crippen LogP contribution < -0.4 is 10.6 Å². The highest BCUT2D eigenvalue weighted by Gasteiger charge is 2.16. The normalized spacial score (nSPS) is 10.5. The smallest absolute Gasteiger partial charge is 0.274 e. The molecule has 0 radical (unpaired) electrons. The van der Waals surface area contributed by atoms with Crippen LogP contribution in [0, 0.1) is 18.6 Å². The Labute approximate surface area is 159 Å². The van der Waals surface area contributed by atoms with Crippen LogP contribution in [0.2, 0.25) is 5.02 Å². The van der Waals surface area contributed by atoms with E-state index in [1.807, 2.05) is 12.1 Å². The minimum atomic E-state index is -0.866. The first-order valence-electron chi connectivity index (χ1n) is 8.02. The highest BCUT2D eigenvalue weighted by molar-refractivity contribution is 6.30. The molecule has 5 nitrogen and oxygen atoms in total. The van der Waals surface area contributed by atoms with Gasteiger partial charge in [-0.05, 0) is 36.8 Å². The molecule has 3 rings (SSSR count). The number of nitrogens with one attached hydrogen (secondary N) is 2. The van der Waals surface area contributed by atoms with E-state index in [-0.39, 0.29) is 5.69 Å². The van der Waals surface area contributed by atoms with Gasteiger partial charge in [-0.3, -0.25) is 4.79 Å². The summed E-state index contributed by atoms with van der Waals surface area (Å²) in [5, 5.41) is 5.92. The number of aryl methyl sites for hydroxylation is 1. The highest BCUT2D eigenvalue weighted by Crippen LogP contribution is 2.19. The molecule has 0 aliphatic carbocycles. The average Bonchev–Trinajstić information content (AvgIpc) is 2.64. The minimum absolute atomic E-state index is 0.0104. The first-order valence-corrected chi connectivity index (χ1v) is 8.39. The second kappa shape index (κ2) is 8.09. The molecular weight excluding hydrogens is 374 g/mol. The molecule has 1 aromatic heterocycles. The van der Waals surface area contributed by atoms with Crippen molar-refractivity contribution in [3.8, 4) is 0 Å². The molecule has 0 atom stereocenters. The summed E-state index contributed by atoms with van der Waals surface area (Å²) in [6.45, 7) is 2.07. The van der Waals surface area contributed by atoms with E-state index in [1.165, 1.54) is 12.1 Å². The number of anilines is 2. The summed E-state index contributed by atoms with van der Waals surface area (Å²) in [5.41, 5.74) is 0.438. The zero-order valence-electron chi connectivity index (χ0n) is 14.3. The fraction of sp³-hybridized carbons (Fsp3) is 0.105. The van der Waals surface area contributed by atoms with Crippen molar-refractivity contribution in [1.29, 1.82) is 0 Å². The molecule has 2 aromatic carbocycles. The third-order valence-electron chi connectivity index (χ3n) is 3.66. The molecule has 0 saturated heterocycles. The third-order valence-corrected chi connectivity index (χ3v) is 3.91. The molecular formula is C19H15ClF2N4O. The van der Waals surface area contributed by atoms with Crippen LogP contribution in [0.1, 0.15) is 21.9 Å². The van der Waals surface area contributed by atoms with E-state index in [0.29, 0.717) is 23.2 Å². The van der Waals surface area contributed by atoms with Gasteiger partial charge in [0.1, 0.15) is 34.7 Å². The lowest BCUT2D eigenvalue weighted by Crippen LogP contribution is -2.17. The maximum atomic E-state index is 13.7. The van der Waals surface area contributed by atoms with Gasteiger partial charge in [0.25, 0.3) is 5.91 Å². The third kappa shape index (κ3) is 4.77. The summed E-state index contributed by atoms with van der Waals surface area (Å²) in [7, 11) is 0. The van der Waals surface area contributed by atoms with Gasteiger partial charge < -0.3 is 10.6 Å². The summed E-state index contributed by atoms with van der Waals surface area (Å²) in [6, 6.07) is 12.0. The zero-order chi connectivity index (χ0) is 19.4. The number of aromatic nitrogens is 2. The van der Waals surface area contributed by atoms with Crippen molar-refractivity contribution in [1.82, 2.24) is 9.97 Å². The highest BCUT2D eigenvalue weighted by atomic mass is 35.5. The van der Waals surface area contributed by atoms with Crippen molar-refractivity contribution in [2.24, 2.45) is 0 Å². The van der Waals surface area contributed by atoms with Crippen LogP contribution >= 0.6 is 11.6 Å². The zero-order valence-corrected chi connectivity index (χ0v) is 15.0. The quantitative estimate of drug-likeness (QED) is 0.671. The first-order chi connectivity index (χ1) is 12.9. The van der Waals surface area contributed by atoms with E-state index >= 15 is 0 Å². The summed E-state index contributed by atoms with van der Waals surface area (Å²) < 4.78 is 27.4. The van der Waals surface area contributed by atoms with Crippen LogP contribution in [0.25, 0.3) is 0 Å². The minimum Gasteiger partial charge on any atom is -0.366 e. The summed E-state index contributed by atoms with van der Waals surface area (Å²) in [5.74, 6) is -1.71. The van der Waals surface area contributed by atoms with E-state index in [1.54, 1.807) is 19.1 Å². The number of halogens is 3. The fourth-order valence-electron chi connectivity index (χ4n) is 2.36. The number of hydrogen-bond acceptors (Lipinski definition) is 4. The van der Waals surface area contributed by atoms with E-state index in [0.717, 1.165) is 17.7 Å². The van der Waals surface area contributed by atoms with Crippen molar-refractivity contribution in [2.45, 2.75) is 13.5 Å². The van der Waals surface area contributed by atoms with Gasteiger partial charge in [0.15, 0.2) is 0 Å². The van der Waals surface area contributed by atoms with Crippen LogP contribution in [0.15, 0.2) is 48.5 Å². The van der Waals surface area contributed by atoms with Gasteiger partial charge in [0.2, 0.25) is 0 Å². The van der Waals surface area contributed by atoms with Gasteiger partial charge in [-0.1, -0.05) is 29.8 Å². The molecule has 0 bridgehead atoms. The second-order valence-electron chi connectivity index (χ2n) is 5.72. The van der Waals surface area contributed by atoms with E-state index in [9.17, 15) is 13.6 Å². The lowest BCUT2D eigenvalue weighted by Gasteiger charge is -2.10. The van der Waals surface area contributed by atoms with Crippen molar-refractivity contribution in [3.05, 3.63) is 82.3 Å². The van der Waals surface area contributed by atoms with Gasteiger partial charge in [0.05, 0.1) is 0 Å². The topological polar surface area (TPSA) is 66.9 Å². The number of rotatable bonds is 5. The number of para-hydroxylation sites is 1. The Kier molecular flexibility index (Phi) is 5.61. The molecule has 0 aliphatic rings. The number of hydrogen-bond donors (Lipinski definition) is 2. The lowest BCUT2D eigenvalue weighted by atomic mass is 10.2. The predicted molar refractivity (Wildman–Crippen MR) is 99.9 cm³/mol. The van der Waals surface area contributed by atoms with Crippen LogP contribution in [-0.4, -0.2) is 15.9 Å². The molecule has 0 saturated carbocycles. The molecule has 8 heteroatoms. The molecule has 0 spiro atoms. The Morgan fingerprint density at radius 3 is 2.41 bits per heavy atom. The van der Waals surface area contributed by atoms with E-state index < -0.39 is 23.2 Å². The number of carbonyl (C=O) groups is 1. The van der Waals surface area contributed by atoms with Crippen molar-refractivity contribution in [2.75, 3.05) is 10.6 Å². The SMILES string of the molecule is Cc1nc(NCc2ccc(Cl)cc2)cc(C(=O)Nc2c(F)cccc2F)n1. The van der Waals surface area contributed by atoms with Gasteiger partial charge >= 0.3 is 0 Å². The van der Waals surface area contributed by atoms with E-state index in [2.05, 4.69) is 20.6 Å². The molecule has 138 valence electrons. The van der Waals surface area contributed by atoms with Gasteiger partial charge in [0, 0.05) is 17.6 Å². The van der Waals surface area contributed by atoms with Crippen molar-refractivity contribution < 1.29 is 13.6 Å². The standard InChI is InChI=1S/C19H15ClF2N4O/c1-11-24-16(19(27)26-18-14(21)3-2-4-15(18)22)9-17(25-11)23-10-12-5-7-13(20)8-6-12/h2-9H,10H2,1H3,(H,26,27)(H,23,24,25). The first kappa shape index (κ1) is 18.7. The second-order valence-corrected chi connectivity index (χ2v) is 6.15. The summed E-state index contributed by atoms with van der Waals surface area (Å²) in [6.07, 6.45) is 0. The largest absolute Gasteiger partial charge is 0.366 e. The molecule has 1 amide bonds. The molecule has 1 heterocycles. The van der Waals surface area contributed by atoms with Crippen molar-refractivity contribution >= 4 is 29.0 Å². The molecule has 0 unspecified atom stereocenters. The van der Waals surface area contributed by atoms with Crippen LogP contribution in [0.5, 0.6) is 0 Å². The van der Waals surface area contributed by atoms with Crippen molar-refractivity contribution in [3.63, 3.8) is 0 Å². The number of benzene rings is 2. The van der Waals surface area contributed by atoms with Crippen LogP contribution in [0.4, 0.5) is 20.3 Å². The monoisotopic (exact) mass is 388 g/mol. The lowest BCUT2D eigenvalue weighted by molar-refractivity contribution is 0.102. The maximum Gasteiger partial charge on any atom is 0.274 e. The number of nitrogens with zero attached hydrogens (tertiary/aromatic N) is 2. The Morgan fingerprint density at radius 1 is 1.07 bits per heavy atom. The maximum absolute atomic E-state index is 13.7. The average molecular weight is 389 g/mol. The molecule has 27 heavy (non-hydrogen) atoms. The number of carbonyl (C=O) groups excluding carboxylic acids is 1. The predicted octanol–water partition coefficient (Wildman–Crippen LogP) is 4.58. The Balaban J connectivity index is 1.76. The molecule has 0 fully saturated rings. The van der Waals surface area contributed by atoms with Gasteiger partial charge in [-0.2, -0.15) is 0 Å². The Morgan fingerprint density at radius 2 is 1.74 bits per heavy atom. The molecule has 3 aromatic rings. The number of amides is 1. The summed E-state index contributed by atoms with van der Waals surface area (Å²) in [4.78, 5) is 20.6. The molecule has 0 aliphatic heterocycles. The Bertz CT molecular complexity index is 960. The van der Waals surface area contributed by atoms with Crippen LogP contribution in [-0.2, 0) is 6.54 Å². The van der Waals surface area contributed by atoms with Gasteiger partial charge in [-0.15, -0.1) is 0 Å². The Hall–Kier alpha value is -3.06. The summed E-state index contributed by atoms with van der Waals surface area (Å²) >= 11 is 5.86. The van der Waals surface area contributed by atoms with Crippen LogP contribution in [0.3, 0.4) is 0 Å². The van der Waals surface area contributed by atoms with Gasteiger partial charge in [-0.25, -0.2) is 18.7 Å².